The van der Waals surface area contributed by atoms with Gasteiger partial charge in [-0.1, -0.05) is 32.9 Å². The molecule has 3 atom stereocenters. The van der Waals surface area contributed by atoms with Gasteiger partial charge in [-0.3, -0.25) is 0 Å². The number of hydrogen-bond acceptors (Lipinski definition) is 1. The van der Waals surface area contributed by atoms with Gasteiger partial charge in [0.1, 0.15) is 5.82 Å². The van der Waals surface area contributed by atoms with Gasteiger partial charge in [-0.2, -0.15) is 0 Å². The van der Waals surface area contributed by atoms with Gasteiger partial charge >= 0.3 is 0 Å². The standard InChI is InChI=1S/C14H20FN/c1-9(10-4-6-11(15)7-5-10)13-12(8-16)14(13,2)3/h4-7,9,12-13H,8,16H2,1-3H3/t9?,12-,13-/m1/s1. The van der Waals surface area contributed by atoms with Crippen LogP contribution in [0, 0.1) is 23.1 Å². The van der Waals surface area contributed by atoms with Crippen molar-refractivity contribution >= 4 is 0 Å². The molecule has 0 amide bonds. The molecule has 0 saturated heterocycles. The van der Waals surface area contributed by atoms with Gasteiger partial charge in [-0.25, -0.2) is 4.39 Å². The third kappa shape index (κ3) is 1.75. The molecule has 16 heavy (non-hydrogen) atoms. The van der Waals surface area contributed by atoms with E-state index in [2.05, 4.69) is 20.8 Å². The van der Waals surface area contributed by atoms with Crippen molar-refractivity contribution in [3.8, 4) is 0 Å². The van der Waals surface area contributed by atoms with Gasteiger partial charge in [0.15, 0.2) is 0 Å². The van der Waals surface area contributed by atoms with Gasteiger partial charge in [-0.05, 0) is 47.4 Å². The van der Waals surface area contributed by atoms with Crippen molar-refractivity contribution < 1.29 is 4.39 Å². The summed E-state index contributed by atoms with van der Waals surface area (Å²) in [6.07, 6.45) is 0. The molecule has 0 aliphatic heterocycles. The van der Waals surface area contributed by atoms with E-state index in [-0.39, 0.29) is 5.82 Å². The predicted octanol–water partition coefficient (Wildman–Crippen LogP) is 3.16. The first-order valence-electron chi connectivity index (χ1n) is 5.94. The highest BCUT2D eigenvalue weighted by Gasteiger charge is 2.58. The molecule has 1 aliphatic rings. The molecule has 1 saturated carbocycles. The summed E-state index contributed by atoms with van der Waals surface area (Å²) in [6.45, 7) is 7.52. The van der Waals surface area contributed by atoms with Crippen LogP contribution < -0.4 is 5.73 Å². The van der Waals surface area contributed by atoms with Gasteiger partial charge in [0.2, 0.25) is 0 Å². The third-order valence-electron chi connectivity index (χ3n) is 4.33. The highest BCUT2D eigenvalue weighted by atomic mass is 19.1. The molecular formula is C14H20FN. The van der Waals surface area contributed by atoms with Gasteiger partial charge in [0.25, 0.3) is 0 Å². The van der Waals surface area contributed by atoms with Crippen molar-refractivity contribution in [2.24, 2.45) is 23.0 Å². The predicted molar refractivity (Wildman–Crippen MR) is 64.6 cm³/mol. The van der Waals surface area contributed by atoms with E-state index in [9.17, 15) is 4.39 Å². The Hall–Kier alpha value is -0.890. The first-order valence-corrected chi connectivity index (χ1v) is 5.94. The van der Waals surface area contributed by atoms with Crippen LogP contribution in [0.15, 0.2) is 24.3 Å². The van der Waals surface area contributed by atoms with Gasteiger partial charge in [0.05, 0.1) is 0 Å². The number of nitrogens with two attached hydrogens (primary N) is 1. The van der Waals surface area contributed by atoms with Crippen LogP contribution >= 0.6 is 0 Å². The normalized spacial score (nSPS) is 28.8. The van der Waals surface area contributed by atoms with Crippen molar-refractivity contribution in [2.75, 3.05) is 6.54 Å². The highest BCUT2D eigenvalue weighted by Crippen LogP contribution is 2.63. The average molecular weight is 221 g/mol. The maximum atomic E-state index is 12.8. The first-order chi connectivity index (χ1) is 7.48. The molecule has 1 fully saturated rings. The van der Waals surface area contributed by atoms with E-state index >= 15 is 0 Å². The Labute approximate surface area is 96.9 Å². The Balaban J connectivity index is 2.15. The van der Waals surface area contributed by atoms with Crippen molar-refractivity contribution in [3.63, 3.8) is 0 Å². The molecular weight excluding hydrogens is 201 g/mol. The number of hydrogen-bond donors (Lipinski definition) is 1. The molecule has 1 aromatic carbocycles. The van der Waals surface area contributed by atoms with Gasteiger partial charge < -0.3 is 5.73 Å². The highest BCUT2D eigenvalue weighted by molar-refractivity contribution is 5.25. The van der Waals surface area contributed by atoms with Crippen molar-refractivity contribution in [2.45, 2.75) is 26.7 Å². The second-order valence-corrected chi connectivity index (χ2v) is 5.53. The zero-order valence-corrected chi connectivity index (χ0v) is 10.2. The molecule has 88 valence electrons. The fourth-order valence-electron chi connectivity index (χ4n) is 3.20. The molecule has 1 aromatic rings. The molecule has 2 N–H and O–H groups in total. The maximum absolute atomic E-state index is 12.8. The molecule has 2 heteroatoms. The van der Waals surface area contributed by atoms with E-state index in [1.54, 1.807) is 12.1 Å². The van der Waals surface area contributed by atoms with Crippen LogP contribution in [0.5, 0.6) is 0 Å². The second-order valence-electron chi connectivity index (χ2n) is 5.53. The molecule has 0 spiro atoms. The fourth-order valence-corrected chi connectivity index (χ4v) is 3.20. The lowest BCUT2D eigenvalue weighted by Crippen LogP contribution is -2.06. The lowest BCUT2D eigenvalue weighted by molar-refractivity contribution is 0.500. The summed E-state index contributed by atoms with van der Waals surface area (Å²) in [6, 6.07) is 6.86. The molecule has 1 unspecified atom stereocenters. The summed E-state index contributed by atoms with van der Waals surface area (Å²) in [7, 11) is 0. The van der Waals surface area contributed by atoms with Crippen LogP contribution in [-0.2, 0) is 0 Å². The van der Waals surface area contributed by atoms with Crippen LogP contribution in [0.3, 0.4) is 0 Å². The van der Waals surface area contributed by atoms with E-state index in [4.69, 9.17) is 5.73 Å². The van der Waals surface area contributed by atoms with E-state index in [0.717, 1.165) is 6.54 Å². The van der Waals surface area contributed by atoms with Crippen molar-refractivity contribution in [1.29, 1.82) is 0 Å². The first kappa shape index (κ1) is 11.6. The molecule has 1 nitrogen and oxygen atoms in total. The summed E-state index contributed by atoms with van der Waals surface area (Å²) in [4.78, 5) is 0. The molecule has 0 heterocycles. The number of rotatable bonds is 3. The Kier molecular flexibility index (Phi) is 2.79. The Morgan fingerprint density at radius 3 is 2.31 bits per heavy atom. The van der Waals surface area contributed by atoms with Gasteiger partial charge in [0, 0.05) is 0 Å². The summed E-state index contributed by atoms with van der Waals surface area (Å²) >= 11 is 0. The third-order valence-corrected chi connectivity index (χ3v) is 4.33. The monoisotopic (exact) mass is 221 g/mol. The smallest absolute Gasteiger partial charge is 0.123 e. The zero-order chi connectivity index (χ0) is 11.9. The minimum Gasteiger partial charge on any atom is -0.330 e. The van der Waals surface area contributed by atoms with Crippen LogP contribution in [0.2, 0.25) is 0 Å². The van der Waals surface area contributed by atoms with E-state index in [1.807, 2.05) is 12.1 Å². The van der Waals surface area contributed by atoms with Crippen LogP contribution in [-0.4, -0.2) is 6.54 Å². The summed E-state index contributed by atoms with van der Waals surface area (Å²) < 4.78 is 12.8. The summed E-state index contributed by atoms with van der Waals surface area (Å²) in [5.41, 5.74) is 7.33. The van der Waals surface area contributed by atoms with Gasteiger partial charge in [-0.15, -0.1) is 0 Å². The van der Waals surface area contributed by atoms with Crippen molar-refractivity contribution in [1.82, 2.24) is 0 Å². The SMILES string of the molecule is CC(c1ccc(F)cc1)[C@@H]1[C@@H](CN)C1(C)C. The summed E-state index contributed by atoms with van der Waals surface area (Å²) in [5, 5.41) is 0. The lowest BCUT2D eigenvalue weighted by atomic mass is 9.92. The molecule has 0 aromatic heterocycles. The van der Waals surface area contributed by atoms with E-state index < -0.39 is 0 Å². The quantitative estimate of drug-likeness (QED) is 0.833. The van der Waals surface area contributed by atoms with Crippen molar-refractivity contribution in [3.05, 3.63) is 35.6 Å². The van der Waals surface area contributed by atoms with Crippen LogP contribution in [0.1, 0.15) is 32.3 Å². The Morgan fingerprint density at radius 1 is 1.31 bits per heavy atom. The maximum Gasteiger partial charge on any atom is 0.123 e. The number of benzene rings is 1. The Morgan fingerprint density at radius 2 is 1.88 bits per heavy atom. The number of halogens is 1. The minimum atomic E-state index is -0.165. The molecule has 2 rings (SSSR count). The Bertz CT molecular complexity index is 369. The average Bonchev–Trinajstić information content (AvgIpc) is 2.80. The fraction of sp³-hybridized carbons (Fsp3) is 0.571. The van der Waals surface area contributed by atoms with E-state index in [0.29, 0.717) is 23.2 Å². The van der Waals surface area contributed by atoms with E-state index in [1.165, 1.54) is 5.56 Å². The van der Waals surface area contributed by atoms with Crippen LogP contribution in [0.25, 0.3) is 0 Å². The van der Waals surface area contributed by atoms with Crippen LogP contribution in [0.4, 0.5) is 4.39 Å². The topological polar surface area (TPSA) is 26.0 Å². The molecule has 1 aliphatic carbocycles. The lowest BCUT2D eigenvalue weighted by Gasteiger charge is -2.13. The minimum absolute atomic E-state index is 0.165. The summed E-state index contributed by atoms with van der Waals surface area (Å²) in [5.74, 6) is 1.53. The molecule has 0 bridgehead atoms. The second kappa shape index (κ2) is 3.85. The molecule has 0 radical (unpaired) electrons. The largest absolute Gasteiger partial charge is 0.330 e. The zero-order valence-electron chi connectivity index (χ0n) is 10.2.